The Bertz CT molecular complexity index is 959. The van der Waals surface area contributed by atoms with E-state index in [9.17, 15) is 24.2 Å². The molecule has 9 nitrogen and oxygen atoms in total. The zero-order valence-electron chi connectivity index (χ0n) is 17.0. The van der Waals surface area contributed by atoms with E-state index in [4.69, 9.17) is 0 Å². The molecule has 1 saturated heterocycles. The summed E-state index contributed by atoms with van der Waals surface area (Å²) in [6.07, 6.45) is 6.01. The highest BCUT2D eigenvalue weighted by Gasteiger charge is 2.35. The molecule has 0 bridgehead atoms. The Morgan fingerprint density at radius 2 is 2.00 bits per heavy atom. The average Bonchev–Trinajstić information content (AvgIpc) is 3.33. The maximum atomic E-state index is 13.0. The van der Waals surface area contributed by atoms with Crippen LogP contribution < -0.4 is 11.2 Å². The van der Waals surface area contributed by atoms with Gasteiger partial charge in [-0.25, -0.2) is 4.79 Å². The lowest BCUT2D eigenvalue weighted by Gasteiger charge is -2.16. The van der Waals surface area contributed by atoms with Gasteiger partial charge in [0.2, 0.25) is 0 Å². The zero-order chi connectivity index (χ0) is 21.7. The van der Waals surface area contributed by atoms with Crippen LogP contribution in [-0.2, 0) is 13.1 Å². The molecule has 2 aromatic heterocycles. The highest BCUT2D eigenvalue weighted by molar-refractivity contribution is 8.00. The van der Waals surface area contributed by atoms with Gasteiger partial charge in [0.05, 0.1) is 42.8 Å². The van der Waals surface area contributed by atoms with Crippen molar-refractivity contribution < 1.29 is 14.6 Å². The van der Waals surface area contributed by atoms with Crippen LogP contribution in [0.1, 0.15) is 48.7 Å². The number of aliphatic hydroxyl groups is 2. The van der Waals surface area contributed by atoms with Crippen LogP contribution in [0.2, 0.25) is 0 Å². The van der Waals surface area contributed by atoms with Crippen molar-refractivity contribution in [1.82, 2.24) is 24.1 Å². The van der Waals surface area contributed by atoms with Gasteiger partial charge in [0.15, 0.2) is 0 Å². The summed E-state index contributed by atoms with van der Waals surface area (Å²) in [5.41, 5.74) is 0.0498. The third-order valence-electron chi connectivity index (χ3n) is 5.24. The molecule has 3 heterocycles. The van der Waals surface area contributed by atoms with E-state index in [-0.39, 0.29) is 36.0 Å². The van der Waals surface area contributed by atoms with Crippen LogP contribution in [0.25, 0.3) is 0 Å². The van der Waals surface area contributed by atoms with E-state index in [1.807, 2.05) is 0 Å². The number of aryl methyl sites for hydroxylation is 2. The van der Waals surface area contributed by atoms with Gasteiger partial charge in [-0.2, -0.15) is 0 Å². The standard InChI is InChI=1S/C19H28FN5O4S/c1-13-9-24(17-8-15(27)16(12-26)30-17)19(29)25(18(13)28)11-14-10-23(22-21-14)7-5-3-2-4-6-20/h9-10,15-17,26-27H,2-8,11-12H2,1H3/t15?,16-,17?/m1/s1/i20-1. The van der Waals surface area contributed by atoms with E-state index in [0.717, 1.165) is 23.8 Å². The number of thioether (sulfide) groups is 1. The summed E-state index contributed by atoms with van der Waals surface area (Å²) < 4.78 is 16.4. The molecule has 3 atom stereocenters. The molecule has 1 aliphatic rings. The molecule has 0 saturated carbocycles. The lowest BCUT2D eigenvalue weighted by molar-refractivity contribution is 0.137. The van der Waals surface area contributed by atoms with Crippen molar-refractivity contribution >= 4 is 11.8 Å². The van der Waals surface area contributed by atoms with E-state index >= 15 is 0 Å². The molecule has 2 N–H and O–H groups in total. The van der Waals surface area contributed by atoms with Crippen molar-refractivity contribution in [3.63, 3.8) is 0 Å². The first-order valence-electron chi connectivity index (χ1n) is 10.2. The summed E-state index contributed by atoms with van der Waals surface area (Å²) in [5.74, 6) is 0. The van der Waals surface area contributed by atoms with Gasteiger partial charge in [0, 0.05) is 24.7 Å². The van der Waals surface area contributed by atoms with Crippen LogP contribution in [-0.4, -0.2) is 59.0 Å². The molecule has 166 valence electrons. The average molecular weight is 441 g/mol. The normalized spacial score (nSPS) is 21.4. The van der Waals surface area contributed by atoms with Gasteiger partial charge in [-0.15, -0.1) is 16.9 Å². The Hall–Kier alpha value is -1.98. The van der Waals surface area contributed by atoms with Crippen LogP contribution in [0.15, 0.2) is 22.0 Å². The minimum Gasteiger partial charge on any atom is -0.395 e. The van der Waals surface area contributed by atoms with Gasteiger partial charge < -0.3 is 10.2 Å². The van der Waals surface area contributed by atoms with Crippen LogP contribution in [0.4, 0.5) is 4.39 Å². The minimum atomic E-state index is -0.706. The SMILES string of the molecule is Cc1cn(C2CC(O)[C@@H](CO)S2)c(=O)n(Cc2cn(CCCCCC[18F])nn2)c1=O. The summed E-state index contributed by atoms with van der Waals surface area (Å²) >= 11 is 1.33. The van der Waals surface area contributed by atoms with Crippen LogP contribution in [0.3, 0.4) is 0 Å². The summed E-state index contributed by atoms with van der Waals surface area (Å²) in [7, 11) is 0. The van der Waals surface area contributed by atoms with Crippen molar-refractivity contribution in [2.75, 3.05) is 13.3 Å². The van der Waals surface area contributed by atoms with Crippen LogP contribution in [0.5, 0.6) is 0 Å². The first-order chi connectivity index (χ1) is 14.4. The Balaban J connectivity index is 1.75. The maximum Gasteiger partial charge on any atom is 0.332 e. The summed E-state index contributed by atoms with van der Waals surface area (Å²) in [6.45, 7) is 1.82. The third-order valence-corrected chi connectivity index (χ3v) is 6.78. The monoisotopic (exact) mass is 440 g/mol. The smallest absolute Gasteiger partial charge is 0.332 e. The van der Waals surface area contributed by atoms with E-state index in [0.29, 0.717) is 30.6 Å². The fourth-order valence-electron chi connectivity index (χ4n) is 3.56. The molecule has 0 aliphatic carbocycles. The number of hydrogen-bond donors (Lipinski definition) is 2. The summed E-state index contributed by atoms with van der Waals surface area (Å²) in [4.78, 5) is 25.6. The highest BCUT2D eigenvalue weighted by Crippen LogP contribution is 2.40. The fraction of sp³-hybridized carbons (Fsp3) is 0.684. The van der Waals surface area contributed by atoms with Crippen molar-refractivity contribution in [3.05, 3.63) is 44.5 Å². The van der Waals surface area contributed by atoms with Gasteiger partial charge in [0.25, 0.3) is 5.56 Å². The quantitative estimate of drug-likeness (QED) is 0.526. The van der Waals surface area contributed by atoms with E-state index in [1.54, 1.807) is 17.8 Å². The van der Waals surface area contributed by atoms with Gasteiger partial charge in [-0.3, -0.25) is 23.0 Å². The highest BCUT2D eigenvalue weighted by atomic mass is 32.2. The number of nitrogens with zero attached hydrogens (tertiary/aromatic N) is 5. The summed E-state index contributed by atoms with van der Waals surface area (Å²) in [6, 6.07) is 0. The number of aromatic nitrogens is 5. The number of unbranched alkanes of at least 4 members (excludes halogenated alkanes) is 3. The first-order valence-corrected chi connectivity index (χ1v) is 11.1. The van der Waals surface area contributed by atoms with E-state index in [1.165, 1.54) is 22.5 Å². The Morgan fingerprint density at radius 3 is 2.70 bits per heavy atom. The number of alkyl halides is 1. The molecule has 2 unspecified atom stereocenters. The molecule has 11 heteroatoms. The van der Waals surface area contributed by atoms with Crippen LogP contribution in [0, 0.1) is 6.92 Å². The predicted molar refractivity (Wildman–Crippen MR) is 111 cm³/mol. The topological polar surface area (TPSA) is 115 Å². The molecular formula is C19H28FN5O4S. The lowest BCUT2D eigenvalue weighted by Crippen LogP contribution is -2.41. The molecule has 1 fully saturated rings. The van der Waals surface area contributed by atoms with Crippen molar-refractivity contribution in [3.8, 4) is 0 Å². The third kappa shape index (κ3) is 5.19. The fourth-order valence-corrected chi connectivity index (χ4v) is 4.93. The van der Waals surface area contributed by atoms with Gasteiger partial charge in [-0.1, -0.05) is 18.1 Å². The molecular weight excluding hydrogens is 412 g/mol. The Labute approximate surface area is 177 Å². The maximum absolute atomic E-state index is 13.0. The molecule has 0 amide bonds. The van der Waals surface area contributed by atoms with E-state index in [2.05, 4.69) is 10.3 Å². The van der Waals surface area contributed by atoms with Gasteiger partial charge >= 0.3 is 5.69 Å². The second kappa shape index (κ2) is 10.4. The first kappa shape index (κ1) is 22.7. The Kier molecular flexibility index (Phi) is 7.84. The lowest BCUT2D eigenvalue weighted by atomic mass is 10.2. The van der Waals surface area contributed by atoms with Crippen molar-refractivity contribution in [2.24, 2.45) is 0 Å². The summed E-state index contributed by atoms with van der Waals surface area (Å²) in [5, 5.41) is 26.8. The number of hydrogen-bond acceptors (Lipinski definition) is 7. The Morgan fingerprint density at radius 1 is 1.23 bits per heavy atom. The molecule has 0 aromatic carbocycles. The second-order valence-electron chi connectivity index (χ2n) is 7.58. The number of aliphatic hydroxyl groups excluding tert-OH is 2. The number of rotatable bonds is 10. The largest absolute Gasteiger partial charge is 0.395 e. The van der Waals surface area contributed by atoms with E-state index < -0.39 is 11.8 Å². The molecule has 30 heavy (non-hydrogen) atoms. The van der Waals surface area contributed by atoms with Gasteiger partial charge in [-0.05, 0) is 19.8 Å². The zero-order valence-corrected chi connectivity index (χ0v) is 17.8. The van der Waals surface area contributed by atoms with Crippen LogP contribution >= 0.6 is 11.8 Å². The molecule has 1 aliphatic heterocycles. The van der Waals surface area contributed by atoms with Crippen molar-refractivity contribution in [1.29, 1.82) is 0 Å². The second-order valence-corrected chi connectivity index (χ2v) is 9.01. The molecule has 0 radical (unpaired) electrons. The molecule has 3 rings (SSSR count). The minimum absolute atomic E-state index is 0.00453. The molecule has 2 aromatic rings. The molecule has 0 spiro atoms. The van der Waals surface area contributed by atoms with Gasteiger partial charge in [0.1, 0.15) is 5.69 Å². The number of halogens is 1. The van der Waals surface area contributed by atoms with Crippen molar-refractivity contribution in [2.45, 2.75) is 68.8 Å². The predicted octanol–water partition coefficient (Wildman–Crippen LogP) is 0.845.